The van der Waals surface area contributed by atoms with Gasteiger partial charge in [-0.1, -0.05) is 11.6 Å². The lowest BCUT2D eigenvalue weighted by Crippen LogP contribution is -2.50. The van der Waals surface area contributed by atoms with Crippen LogP contribution in [0.1, 0.15) is 11.8 Å². The van der Waals surface area contributed by atoms with E-state index in [9.17, 15) is 8.42 Å². The predicted octanol–water partition coefficient (Wildman–Crippen LogP) is 1.91. The van der Waals surface area contributed by atoms with Crippen LogP contribution in [0.3, 0.4) is 0 Å². The van der Waals surface area contributed by atoms with Gasteiger partial charge in [0.15, 0.2) is 6.39 Å². The number of halogens is 1. The molecule has 2 N–H and O–H groups in total. The third-order valence-corrected chi connectivity index (χ3v) is 7.75. The molecule has 0 amide bonds. The van der Waals surface area contributed by atoms with E-state index in [0.717, 1.165) is 4.31 Å². The predicted molar refractivity (Wildman–Crippen MR) is 98.6 cm³/mol. The molecule has 0 fully saturated rings. The van der Waals surface area contributed by atoms with Crippen molar-refractivity contribution in [2.24, 2.45) is 10.7 Å². The number of nitrogens with two attached hydrogens (primary N) is 1. The summed E-state index contributed by atoms with van der Waals surface area (Å²) in [5.74, 6) is 0.367. The number of sulfonamides is 1. The lowest BCUT2D eigenvalue weighted by molar-refractivity contribution is 0.482. The standard InChI is InChI=1S/C14H13ClN6O4S2/c1-14(5-27(22,23)21(2)13(16)18-14)10-7(15)3-9(26-10)12-20-19-11(25-12)8-4-17-6-24-8/h3-4,6H,5H2,1-2H3,(H2,16,18)/t14-/m0/s1. The van der Waals surface area contributed by atoms with E-state index in [-0.39, 0.29) is 23.5 Å². The molecule has 1 atom stereocenters. The molecule has 27 heavy (non-hydrogen) atoms. The molecule has 3 aromatic rings. The molecule has 0 saturated heterocycles. The Morgan fingerprint density at radius 3 is 2.78 bits per heavy atom. The van der Waals surface area contributed by atoms with Gasteiger partial charge in [-0.15, -0.1) is 21.5 Å². The minimum atomic E-state index is -3.61. The molecule has 13 heteroatoms. The van der Waals surface area contributed by atoms with Crippen LogP contribution in [0.25, 0.3) is 22.4 Å². The van der Waals surface area contributed by atoms with Gasteiger partial charge in [0.2, 0.25) is 21.7 Å². The Balaban J connectivity index is 1.74. The van der Waals surface area contributed by atoms with Gasteiger partial charge in [-0.25, -0.2) is 22.7 Å². The monoisotopic (exact) mass is 428 g/mol. The third-order valence-electron chi connectivity index (χ3n) is 4.02. The van der Waals surface area contributed by atoms with Crippen molar-refractivity contribution in [3.05, 3.63) is 28.6 Å². The van der Waals surface area contributed by atoms with E-state index in [1.54, 1.807) is 13.0 Å². The van der Waals surface area contributed by atoms with E-state index in [4.69, 9.17) is 26.2 Å². The molecular formula is C14H13ClN6O4S2. The zero-order chi connectivity index (χ0) is 19.4. The molecule has 0 aromatic carbocycles. The fourth-order valence-corrected chi connectivity index (χ4v) is 5.74. The minimum Gasteiger partial charge on any atom is -0.438 e. The van der Waals surface area contributed by atoms with Gasteiger partial charge >= 0.3 is 0 Å². The van der Waals surface area contributed by atoms with Gasteiger partial charge in [-0.05, 0) is 13.0 Å². The number of thiophene rings is 1. The van der Waals surface area contributed by atoms with Crippen LogP contribution in [0, 0.1) is 0 Å². The van der Waals surface area contributed by atoms with Crippen molar-refractivity contribution < 1.29 is 17.3 Å². The molecule has 10 nitrogen and oxygen atoms in total. The maximum absolute atomic E-state index is 12.4. The fraction of sp³-hybridized carbons (Fsp3) is 0.286. The maximum Gasteiger partial charge on any atom is 0.285 e. The second-order valence-electron chi connectivity index (χ2n) is 6.03. The first kappa shape index (κ1) is 17.9. The summed E-state index contributed by atoms with van der Waals surface area (Å²) < 4.78 is 36.4. The number of oxazole rings is 1. The zero-order valence-electron chi connectivity index (χ0n) is 14.1. The second-order valence-corrected chi connectivity index (χ2v) is 9.49. The first-order valence-electron chi connectivity index (χ1n) is 7.54. The van der Waals surface area contributed by atoms with E-state index in [2.05, 4.69) is 20.2 Å². The summed E-state index contributed by atoms with van der Waals surface area (Å²) in [4.78, 5) is 9.26. The number of guanidine groups is 1. The van der Waals surface area contributed by atoms with E-state index in [1.807, 2.05) is 0 Å². The quantitative estimate of drug-likeness (QED) is 0.666. The molecule has 1 aliphatic rings. The number of hydrogen-bond donors (Lipinski definition) is 1. The molecule has 0 aliphatic carbocycles. The number of aromatic nitrogens is 3. The smallest absolute Gasteiger partial charge is 0.285 e. The Bertz CT molecular complexity index is 1140. The maximum atomic E-state index is 12.4. The highest BCUT2D eigenvalue weighted by Gasteiger charge is 2.42. The van der Waals surface area contributed by atoms with Gasteiger partial charge in [0, 0.05) is 7.05 Å². The normalized spacial score (nSPS) is 22.0. The highest BCUT2D eigenvalue weighted by molar-refractivity contribution is 7.89. The van der Waals surface area contributed by atoms with Crippen molar-refractivity contribution in [2.75, 3.05) is 12.8 Å². The molecule has 0 spiro atoms. The topological polar surface area (TPSA) is 141 Å². The SMILES string of the molecule is CN1C(N)=N[C@](C)(c2sc(-c3nnc(-c4cnco4)o3)cc2Cl)CS1(=O)=O. The van der Waals surface area contributed by atoms with Crippen molar-refractivity contribution in [1.82, 2.24) is 19.5 Å². The molecule has 0 bridgehead atoms. The van der Waals surface area contributed by atoms with Crippen LogP contribution >= 0.6 is 22.9 Å². The molecule has 4 heterocycles. The van der Waals surface area contributed by atoms with Crippen molar-refractivity contribution in [1.29, 1.82) is 0 Å². The molecule has 142 valence electrons. The lowest BCUT2D eigenvalue weighted by Gasteiger charge is -2.33. The van der Waals surface area contributed by atoms with Gasteiger partial charge in [0.05, 0.1) is 26.7 Å². The fourth-order valence-electron chi connectivity index (χ4n) is 2.65. The highest BCUT2D eigenvalue weighted by atomic mass is 35.5. The summed E-state index contributed by atoms with van der Waals surface area (Å²) in [5, 5.41) is 8.23. The Kier molecular flexibility index (Phi) is 4.01. The summed E-state index contributed by atoms with van der Waals surface area (Å²) in [6.45, 7) is 1.67. The van der Waals surface area contributed by atoms with Gasteiger partial charge in [0.1, 0.15) is 5.54 Å². The van der Waals surface area contributed by atoms with Gasteiger partial charge in [-0.2, -0.15) is 0 Å². The van der Waals surface area contributed by atoms with Crippen LogP contribution in [-0.4, -0.2) is 46.7 Å². The summed E-state index contributed by atoms with van der Waals surface area (Å²) >= 11 is 7.59. The van der Waals surface area contributed by atoms with Crippen LogP contribution in [0.15, 0.2) is 32.5 Å². The molecular weight excluding hydrogens is 416 g/mol. The summed E-state index contributed by atoms with van der Waals surface area (Å²) in [7, 11) is -2.25. The molecule has 0 saturated carbocycles. The molecule has 0 radical (unpaired) electrons. The molecule has 1 aliphatic heterocycles. The van der Waals surface area contributed by atoms with Crippen LogP contribution in [0.4, 0.5) is 0 Å². The minimum absolute atomic E-state index is 0.0971. The molecule has 3 aromatic heterocycles. The Hall–Kier alpha value is -2.44. The van der Waals surface area contributed by atoms with Gasteiger partial charge in [-0.3, -0.25) is 0 Å². The van der Waals surface area contributed by atoms with Gasteiger partial charge in [0.25, 0.3) is 11.8 Å². The highest BCUT2D eigenvalue weighted by Crippen LogP contribution is 2.44. The first-order valence-corrected chi connectivity index (χ1v) is 10.3. The molecule has 0 unspecified atom stereocenters. The Morgan fingerprint density at radius 1 is 1.37 bits per heavy atom. The van der Waals surface area contributed by atoms with Crippen molar-refractivity contribution in [2.45, 2.75) is 12.5 Å². The number of aliphatic imine (C=N–C) groups is 1. The number of hydrogen-bond acceptors (Lipinski definition) is 10. The third kappa shape index (κ3) is 2.99. The summed E-state index contributed by atoms with van der Waals surface area (Å²) in [5.41, 5.74) is 4.67. The average Bonchev–Trinajstić information content (AvgIpc) is 3.31. The van der Waals surface area contributed by atoms with Crippen LogP contribution in [0.5, 0.6) is 0 Å². The largest absolute Gasteiger partial charge is 0.438 e. The van der Waals surface area contributed by atoms with Crippen molar-refractivity contribution in [3.8, 4) is 22.4 Å². The summed E-state index contributed by atoms with van der Waals surface area (Å²) in [6, 6.07) is 1.63. The lowest BCUT2D eigenvalue weighted by atomic mass is 10.0. The molecule has 4 rings (SSSR count). The summed E-state index contributed by atoms with van der Waals surface area (Å²) in [6.07, 6.45) is 2.70. The van der Waals surface area contributed by atoms with E-state index in [0.29, 0.717) is 20.5 Å². The number of rotatable bonds is 3. The Morgan fingerprint density at radius 2 is 2.11 bits per heavy atom. The van der Waals surface area contributed by atoms with E-state index >= 15 is 0 Å². The van der Waals surface area contributed by atoms with Gasteiger partial charge < -0.3 is 14.6 Å². The van der Waals surface area contributed by atoms with Crippen molar-refractivity contribution in [3.63, 3.8) is 0 Å². The average molecular weight is 429 g/mol. The first-order chi connectivity index (χ1) is 12.7. The zero-order valence-corrected chi connectivity index (χ0v) is 16.5. The van der Waals surface area contributed by atoms with E-state index in [1.165, 1.54) is 31.0 Å². The van der Waals surface area contributed by atoms with Crippen molar-refractivity contribution >= 4 is 38.9 Å². The number of nitrogens with zero attached hydrogens (tertiary/aromatic N) is 5. The second kappa shape index (κ2) is 6.04. The van der Waals surface area contributed by atoms with Crippen LogP contribution in [0.2, 0.25) is 5.02 Å². The van der Waals surface area contributed by atoms with Crippen LogP contribution < -0.4 is 5.73 Å². The van der Waals surface area contributed by atoms with Crippen LogP contribution in [-0.2, 0) is 15.6 Å². The van der Waals surface area contributed by atoms with E-state index < -0.39 is 15.6 Å². The Labute approximate surface area is 162 Å².